The van der Waals surface area contributed by atoms with Crippen LogP contribution in [-0.4, -0.2) is 0 Å². The van der Waals surface area contributed by atoms with E-state index in [-0.39, 0.29) is 5.33 Å². The van der Waals surface area contributed by atoms with E-state index in [2.05, 4.69) is 31.0 Å². The topological polar surface area (TPSA) is 13.1 Å². The zero-order valence-electron chi connectivity index (χ0n) is 4.77. The third kappa shape index (κ3) is 1.79. The molecule has 0 aliphatic carbocycles. The van der Waals surface area contributed by atoms with Crippen LogP contribution >= 0.6 is 36.3 Å². The van der Waals surface area contributed by atoms with Crippen LogP contribution < -0.4 is 5.30 Å². The molecule has 9 heavy (non-hydrogen) atoms. The quantitative estimate of drug-likeness (QED) is 0.715. The number of aryl methyl sites for hydroxylation is 1. The van der Waals surface area contributed by atoms with Crippen molar-refractivity contribution in [3.63, 3.8) is 0 Å². The van der Waals surface area contributed by atoms with E-state index >= 15 is 0 Å². The Labute approximate surface area is 71.0 Å². The standard InChI is InChI=1S/C5H5Br2OP/c1-4-2-8-3-5(4)9(6)7/h2-3H,1H3. The molecule has 1 aromatic rings. The van der Waals surface area contributed by atoms with E-state index in [1.165, 1.54) is 10.9 Å². The highest BCUT2D eigenvalue weighted by atomic mass is 79.9. The van der Waals surface area contributed by atoms with Crippen LogP contribution in [0.15, 0.2) is 16.9 Å². The van der Waals surface area contributed by atoms with Gasteiger partial charge >= 0.3 is 0 Å². The van der Waals surface area contributed by atoms with Crippen molar-refractivity contribution >= 4 is 41.6 Å². The summed E-state index contributed by atoms with van der Waals surface area (Å²) < 4.78 is 4.96. The van der Waals surface area contributed by atoms with Gasteiger partial charge in [-0.25, -0.2) is 0 Å². The molecule has 0 unspecified atom stereocenters. The Kier molecular flexibility index (Phi) is 2.74. The average Bonchev–Trinajstić information content (AvgIpc) is 2.13. The fourth-order valence-corrected chi connectivity index (χ4v) is 3.17. The molecule has 0 aromatic carbocycles. The zero-order valence-corrected chi connectivity index (χ0v) is 8.83. The molecule has 0 saturated heterocycles. The largest absolute Gasteiger partial charge is 0.472 e. The smallest absolute Gasteiger partial charge is 0.0998 e. The summed E-state index contributed by atoms with van der Waals surface area (Å²) in [4.78, 5) is 0. The maximum absolute atomic E-state index is 4.96. The highest BCUT2D eigenvalue weighted by Crippen LogP contribution is 2.51. The molecule has 0 saturated carbocycles. The molecule has 1 heterocycles. The Morgan fingerprint density at radius 1 is 1.44 bits per heavy atom. The minimum atomic E-state index is -0.348. The van der Waals surface area contributed by atoms with Crippen LogP contribution in [0.25, 0.3) is 0 Å². The molecule has 1 nitrogen and oxygen atoms in total. The highest BCUT2D eigenvalue weighted by molar-refractivity contribution is 9.70. The molecule has 0 amide bonds. The van der Waals surface area contributed by atoms with Crippen molar-refractivity contribution in [1.29, 1.82) is 0 Å². The van der Waals surface area contributed by atoms with Gasteiger partial charge in [0.1, 0.15) is 0 Å². The van der Waals surface area contributed by atoms with E-state index in [1.54, 1.807) is 12.5 Å². The molecule has 0 aliphatic rings. The van der Waals surface area contributed by atoms with Gasteiger partial charge in [-0.1, -0.05) is 0 Å². The van der Waals surface area contributed by atoms with Crippen LogP contribution in [0.2, 0.25) is 0 Å². The van der Waals surface area contributed by atoms with Crippen LogP contribution in [0.3, 0.4) is 0 Å². The third-order valence-electron chi connectivity index (χ3n) is 1.01. The normalized spacial score (nSPS) is 10.7. The Morgan fingerprint density at radius 2 is 2.11 bits per heavy atom. The van der Waals surface area contributed by atoms with Gasteiger partial charge in [0, 0.05) is 5.30 Å². The second-order valence-corrected chi connectivity index (χ2v) is 9.73. The Bertz CT molecular complexity index is 197. The number of rotatable bonds is 1. The lowest BCUT2D eigenvalue weighted by Crippen LogP contribution is -1.91. The second kappa shape index (κ2) is 3.18. The molecule has 0 atom stereocenters. The molecule has 0 spiro atoms. The molecule has 50 valence electrons. The monoisotopic (exact) mass is 270 g/mol. The van der Waals surface area contributed by atoms with Crippen molar-refractivity contribution in [2.24, 2.45) is 0 Å². The Balaban J connectivity index is 2.94. The van der Waals surface area contributed by atoms with E-state index in [4.69, 9.17) is 4.42 Å². The molecule has 0 radical (unpaired) electrons. The van der Waals surface area contributed by atoms with Gasteiger partial charge in [-0.3, -0.25) is 0 Å². The van der Waals surface area contributed by atoms with Crippen LogP contribution in [0, 0.1) is 6.92 Å². The van der Waals surface area contributed by atoms with Crippen LogP contribution in [-0.2, 0) is 0 Å². The summed E-state index contributed by atoms with van der Waals surface area (Å²) in [5.74, 6) is 0. The third-order valence-corrected chi connectivity index (χ3v) is 4.13. The lowest BCUT2D eigenvalue weighted by molar-refractivity contribution is 0.567. The summed E-state index contributed by atoms with van der Waals surface area (Å²) in [6.07, 6.45) is 3.50. The van der Waals surface area contributed by atoms with Crippen molar-refractivity contribution in [2.45, 2.75) is 6.92 Å². The maximum Gasteiger partial charge on any atom is 0.0998 e. The second-order valence-electron chi connectivity index (χ2n) is 1.67. The van der Waals surface area contributed by atoms with Crippen molar-refractivity contribution < 1.29 is 4.42 Å². The van der Waals surface area contributed by atoms with Crippen LogP contribution in [0.5, 0.6) is 0 Å². The van der Waals surface area contributed by atoms with Gasteiger partial charge in [-0.15, -0.1) is 0 Å². The summed E-state index contributed by atoms with van der Waals surface area (Å²) >= 11 is 6.87. The minimum absolute atomic E-state index is 0.348. The van der Waals surface area contributed by atoms with Gasteiger partial charge in [0.25, 0.3) is 0 Å². The predicted octanol–water partition coefficient (Wildman–Crippen LogP) is 3.32. The van der Waals surface area contributed by atoms with E-state index in [0.717, 1.165) is 0 Å². The molecule has 0 fully saturated rings. The van der Waals surface area contributed by atoms with Gasteiger partial charge in [0.2, 0.25) is 0 Å². The molecule has 0 aliphatic heterocycles. The SMILES string of the molecule is Cc1cocc1P(Br)Br. The van der Waals surface area contributed by atoms with Crippen LogP contribution in [0.1, 0.15) is 5.56 Å². The number of furan rings is 1. The van der Waals surface area contributed by atoms with E-state index in [0.29, 0.717) is 0 Å². The zero-order chi connectivity index (χ0) is 6.85. The van der Waals surface area contributed by atoms with Crippen molar-refractivity contribution in [3.05, 3.63) is 18.1 Å². The number of halogens is 2. The average molecular weight is 272 g/mol. The summed E-state index contributed by atoms with van der Waals surface area (Å²) in [6, 6.07) is 0. The first-order chi connectivity index (χ1) is 4.22. The fourth-order valence-electron chi connectivity index (χ4n) is 0.527. The van der Waals surface area contributed by atoms with Crippen molar-refractivity contribution in [2.75, 3.05) is 0 Å². The van der Waals surface area contributed by atoms with Crippen molar-refractivity contribution in [1.82, 2.24) is 0 Å². The molecule has 1 aromatic heterocycles. The summed E-state index contributed by atoms with van der Waals surface area (Å²) in [7, 11) is 0. The lowest BCUT2D eigenvalue weighted by Gasteiger charge is -1.94. The molecule has 0 N–H and O–H groups in total. The summed E-state index contributed by atoms with van der Waals surface area (Å²) in [5, 5.41) is 0.865. The first-order valence-corrected chi connectivity index (χ1v) is 7.74. The fraction of sp³-hybridized carbons (Fsp3) is 0.200. The van der Waals surface area contributed by atoms with Gasteiger partial charge in [-0.2, -0.15) is 0 Å². The van der Waals surface area contributed by atoms with Gasteiger partial charge in [0.15, 0.2) is 0 Å². The maximum atomic E-state index is 4.96. The lowest BCUT2D eigenvalue weighted by atomic mass is 10.4. The summed E-state index contributed by atoms with van der Waals surface area (Å²) in [5.41, 5.74) is 1.19. The van der Waals surface area contributed by atoms with E-state index in [9.17, 15) is 0 Å². The molecule has 0 bridgehead atoms. The highest BCUT2D eigenvalue weighted by Gasteiger charge is 2.06. The number of hydrogen-bond acceptors (Lipinski definition) is 1. The van der Waals surface area contributed by atoms with E-state index < -0.39 is 0 Å². The first-order valence-electron chi connectivity index (χ1n) is 2.36. The molecular formula is C5H5Br2OP. The van der Waals surface area contributed by atoms with Gasteiger partial charge in [-0.05, 0) is 43.5 Å². The Morgan fingerprint density at radius 3 is 2.33 bits per heavy atom. The van der Waals surface area contributed by atoms with Crippen molar-refractivity contribution in [3.8, 4) is 0 Å². The predicted molar refractivity (Wildman–Crippen MR) is 47.9 cm³/mol. The molecule has 4 heteroatoms. The number of hydrogen-bond donors (Lipinski definition) is 0. The van der Waals surface area contributed by atoms with Gasteiger partial charge in [0.05, 0.1) is 17.9 Å². The van der Waals surface area contributed by atoms with E-state index in [1.807, 2.05) is 6.92 Å². The summed E-state index contributed by atoms with van der Waals surface area (Å²) in [6.45, 7) is 2.02. The van der Waals surface area contributed by atoms with Gasteiger partial charge < -0.3 is 4.42 Å². The molecule has 1 rings (SSSR count). The van der Waals surface area contributed by atoms with Crippen LogP contribution in [0.4, 0.5) is 0 Å². The minimum Gasteiger partial charge on any atom is -0.472 e. The first kappa shape index (κ1) is 7.77. The Hall–Kier alpha value is 0.670. The molecular weight excluding hydrogens is 267 g/mol.